The van der Waals surface area contributed by atoms with Crippen molar-refractivity contribution < 1.29 is 0 Å². The molecule has 0 aromatic carbocycles. The number of aromatic amines is 1. The summed E-state index contributed by atoms with van der Waals surface area (Å²) in [6, 6.07) is 0. The van der Waals surface area contributed by atoms with Crippen LogP contribution in [0.5, 0.6) is 0 Å². The number of imidazole rings is 1. The highest BCUT2D eigenvalue weighted by molar-refractivity contribution is 6.29. The highest BCUT2D eigenvalue weighted by atomic mass is 28.1. The first-order valence-electron chi connectivity index (χ1n) is 2.69. The maximum atomic E-state index is 3.95. The van der Waals surface area contributed by atoms with Crippen LogP contribution in [0.2, 0.25) is 0 Å². The minimum atomic E-state index is 0.770. The Kier molecular flexibility index (Phi) is 1.84. The van der Waals surface area contributed by atoms with Crippen molar-refractivity contribution in [2.75, 3.05) is 0 Å². The lowest BCUT2D eigenvalue weighted by atomic mass is 10.3. The molecule has 0 spiro atoms. The molecular weight excluding hydrogens is 128 g/mol. The van der Waals surface area contributed by atoms with Crippen molar-refractivity contribution in [2.24, 2.45) is 0 Å². The lowest BCUT2D eigenvalue weighted by Gasteiger charge is -1.84. The number of aromatic nitrogens is 2. The van der Waals surface area contributed by atoms with Gasteiger partial charge in [0.2, 0.25) is 0 Å². The van der Waals surface area contributed by atoms with Gasteiger partial charge in [0.1, 0.15) is 10.2 Å². The maximum Gasteiger partial charge on any atom is 0.125 e. The molecule has 0 aliphatic carbocycles. The van der Waals surface area contributed by atoms with Gasteiger partial charge in [0, 0.05) is 18.3 Å². The molecule has 0 fully saturated rings. The number of nitrogens with zero attached hydrogens (tertiary/aromatic N) is 1. The van der Waals surface area contributed by atoms with Gasteiger partial charge in [-0.3, -0.25) is 0 Å². The SMILES string of the molecule is C=CCc1cnc([Si])[nH]1. The lowest BCUT2D eigenvalue weighted by Crippen LogP contribution is -2.05. The Balaban J connectivity index is 2.72. The molecule has 3 radical (unpaired) electrons. The van der Waals surface area contributed by atoms with Crippen molar-refractivity contribution in [3.8, 4) is 0 Å². The van der Waals surface area contributed by atoms with Crippen LogP contribution in [0.25, 0.3) is 0 Å². The lowest BCUT2D eigenvalue weighted by molar-refractivity contribution is 1.17. The molecule has 2 nitrogen and oxygen atoms in total. The fraction of sp³-hybridized carbons (Fsp3) is 0.167. The van der Waals surface area contributed by atoms with E-state index in [1.165, 1.54) is 0 Å². The summed E-state index contributed by atoms with van der Waals surface area (Å²) in [6.07, 6.45) is 4.46. The van der Waals surface area contributed by atoms with Crippen LogP contribution in [0.3, 0.4) is 0 Å². The number of hydrogen-bond donors (Lipinski definition) is 1. The molecule has 1 rings (SSSR count). The predicted octanol–water partition coefficient (Wildman–Crippen LogP) is -0.0680. The second kappa shape index (κ2) is 2.64. The third kappa shape index (κ3) is 1.53. The molecule has 0 bridgehead atoms. The van der Waals surface area contributed by atoms with E-state index in [-0.39, 0.29) is 0 Å². The fourth-order valence-electron chi connectivity index (χ4n) is 0.618. The Labute approximate surface area is 57.4 Å². The second-order valence-corrected chi connectivity index (χ2v) is 2.22. The molecule has 0 atom stereocenters. The highest BCUT2D eigenvalue weighted by Gasteiger charge is 1.90. The number of rotatable bonds is 2. The molecule has 45 valence electrons. The zero-order valence-corrected chi connectivity index (χ0v) is 6.02. The Morgan fingerprint density at radius 1 is 1.89 bits per heavy atom. The summed E-state index contributed by atoms with van der Waals surface area (Å²) in [7, 11) is 3.25. The zero-order valence-electron chi connectivity index (χ0n) is 5.02. The molecule has 1 aromatic rings. The van der Waals surface area contributed by atoms with E-state index in [0.29, 0.717) is 0 Å². The van der Waals surface area contributed by atoms with Crippen LogP contribution in [-0.2, 0) is 6.42 Å². The maximum absolute atomic E-state index is 3.95. The van der Waals surface area contributed by atoms with Crippen LogP contribution in [0.1, 0.15) is 5.69 Å². The number of H-pyrrole nitrogens is 1. The summed E-state index contributed by atoms with van der Waals surface area (Å²) in [4.78, 5) is 6.95. The van der Waals surface area contributed by atoms with Crippen molar-refractivity contribution in [3.05, 3.63) is 24.5 Å². The quantitative estimate of drug-likeness (QED) is 0.446. The fourth-order valence-corrected chi connectivity index (χ4v) is 0.843. The normalized spacial score (nSPS) is 9.44. The van der Waals surface area contributed by atoms with E-state index in [0.717, 1.165) is 17.6 Å². The predicted molar refractivity (Wildman–Crippen MR) is 37.9 cm³/mol. The highest BCUT2D eigenvalue weighted by Crippen LogP contribution is 1.89. The van der Waals surface area contributed by atoms with Crippen molar-refractivity contribution >= 4 is 15.7 Å². The van der Waals surface area contributed by atoms with Gasteiger partial charge in [0.25, 0.3) is 0 Å². The monoisotopic (exact) mass is 135 g/mol. The van der Waals surface area contributed by atoms with Crippen LogP contribution in [0, 0.1) is 0 Å². The van der Waals surface area contributed by atoms with Gasteiger partial charge in [-0.15, -0.1) is 6.58 Å². The Hall–Kier alpha value is -0.833. The third-order valence-corrected chi connectivity index (χ3v) is 1.25. The van der Waals surface area contributed by atoms with E-state index in [2.05, 4.69) is 26.8 Å². The van der Waals surface area contributed by atoms with Crippen LogP contribution in [0.15, 0.2) is 18.9 Å². The van der Waals surface area contributed by atoms with Gasteiger partial charge < -0.3 is 4.98 Å². The van der Waals surface area contributed by atoms with Crippen LogP contribution < -0.4 is 5.45 Å². The molecule has 1 heterocycles. The molecule has 1 aromatic heterocycles. The van der Waals surface area contributed by atoms with E-state index in [4.69, 9.17) is 0 Å². The van der Waals surface area contributed by atoms with E-state index in [9.17, 15) is 0 Å². The minimum Gasteiger partial charge on any atom is -0.350 e. The van der Waals surface area contributed by atoms with Gasteiger partial charge in [-0.2, -0.15) is 0 Å². The molecule has 0 saturated carbocycles. The standard InChI is InChI=1S/C6H7N2Si/c1-2-3-5-4-7-6(9)8-5/h2,4H,1,3H2,(H,7,8). The van der Waals surface area contributed by atoms with Gasteiger partial charge in [-0.05, 0) is 0 Å². The van der Waals surface area contributed by atoms with Crippen molar-refractivity contribution in [3.63, 3.8) is 0 Å². The topological polar surface area (TPSA) is 28.7 Å². The second-order valence-electron chi connectivity index (χ2n) is 1.75. The first kappa shape index (κ1) is 6.29. The molecule has 0 aliphatic rings. The summed E-state index contributed by atoms with van der Waals surface area (Å²) in [5.74, 6) is 0. The van der Waals surface area contributed by atoms with E-state index in [1.807, 2.05) is 6.08 Å². The van der Waals surface area contributed by atoms with Gasteiger partial charge >= 0.3 is 0 Å². The van der Waals surface area contributed by atoms with Crippen LogP contribution in [0.4, 0.5) is 0 Å². The van der Waals surface area contributed by atoms with Crippen molar-refractivity contribution in [1.29, 1.82) is 0 Å². The van der Waals surface area contributed by atoms with E-state index >= 15 is 0 Å². The average molecular weight is 135 g/mol. The van der Waals surface area contributed by atoms with Crippen molar-refractivity contribution in [1.82, 2.24) is 9.97 Å². The largest absolute Gasteiger partial charge is 0.350 e. The van der Waals surface area contributed by atoms with Gasteiger partial charge in [-0.1, -0.05) is 6.08 Å². The number of nitrogens with one attached hydrogen (secondary N) is 1. The van der Waals surface area contributed by atoms with Gasteiger partial charge in [0.05, 0.1) is 5.45 Å². The molecule has 0 amide bonds. The smallest absolute Gasteiger partial charge is 0.125 e. The van der Waals surface area contributed by atoms with Crippen LogP contribution in [-0.4, -0.2) is 20.2 Å². The summed E-state index contributed by atoms with van der Waals surface area (Å²) >= 11 is 0. The Bertz CT molecular complexity index is 205. The molecule has 0 aliphatic heterocycles. The number of hydrogen-bond acceptors (Lipinski definition) is 1. The first-order chi connectivity index (χ1) is 4.33. The molecule has 9 heavy (non-hydrogen) atoms. The molecular formula is C6H7N2Si. The van der Waals surface area contributed by atoms with E-state index < -0.39 is 0 Å². The Morgan fingerprint density at radius 3 is 3.11 bits per heavy atom. The molecule has 3 heteroatoms. The summed E-state index contributed by atoms with van der Waals surface area (Å²) in [5, 5.41) is 0. The average Bonchev–Trinajstić information content (AvgIpc) is 2.17. The summed E-state index contributed by atoms with van der Waals surface area (Å²) < 4.78 is 0. The minimum absolute atomic E-state index is 0.770. The molecule has 1 N–H and O–H groups in total. The van der Waals surface area contributed by atoms with Gasteiger partial charge in [-0.25, -0.2) is 4.98 Å². The first-order valence-corrected chi connectivity index (χ1v) is 3.19. The van der Waals surface area contributed by atoms with E-state index in [1.54, 1.807) is 6.20 Å². The zero-order chi connectivity index (χ0) is 6.69. The summed E-state index contributed by atoms with van der Waals surface area (Å²) in [6.45, 7) is 3.60. The molecule has 0 unspecified atom stereocenters. The summed E-state index contributed by atoms with van der Waals surface area (Å²) in [5.41, 5.74) is 1.85. The molecule has 0 saturated heterocycles. The van der Waals surface area contributed by atoms with Gasteiger partial charge in [0.15, 0.2) is 0 Å². The Morgan fingerprint density at radius 2 is 2.67 bits per heavy atom. The third-order valence-electron chi connectivity index (χ3n) is 0.993. The van der Waals surface area contributed by atoms with Crippen LogP contribution >= 0.6 is 0 Å². The number of allylic oxidation sites excluding steroid dienone is 1. The van der Waals surface area contributed by atoms with Crippen molar-refractivity contribution in [2.45, 2.75) is 6.42 Å².